The first-order chi connectivity index (χ1) is 7.84. The van der Waals surface area contributed by atoms with Crippen LogP contribution in [0.3, 0.4) is 0 Å². The van der Waals surface area contributed by atoms with Gasteiger partial charge in [0.25, 0.3) is 0 Å². The number of hydrogen-bond acceptors (Lipinski definition) is 3. The summed E-state index contributed by atoms with van der Waals surface area (Å²) in [5.41, 5.74) is 1.33. The van der Waals surface area contributed by atoms with Crippen LogP contribution in [0.15, 0.2) is 18.5 Å². The van der Waals surface area contributed by atoms with Crippen LogP contribution < -0.4 is 5.32 Å². The molecule has 1 saturated heterocycles. The molecule has 1 aromatic heterocycles. The van der Waals surface area contributed by atoms with Crippen molar-refractivity contribution >= 4 is 0 Å². The minimum atomic E-state index is 0.969. The summed E-state index contributed by atoms with van der Waals surface area (Å²) in [4.78, 5) is 7.99. The second kappa shape index (κ2) is 6.03. The first-order valence-electron chi connectivity index (χ1n) is 6.08. The SMILES string of the molecule is CN1CCN(CCNCc2cc[nH]c2)CC1. The van der Waals surface area contributed by atoms with E-state index in [9.17, 15) is 0 Å². The van der Waals surface area contributed by atoms with Crippen molar-refractivity contribution in [2.75, 3.05) is 46.3 Å². The summed E-state index contributed by atoms with van der Waals surface area (Å²) in [6, 6.07) is 2.11. The van der Waals surface area contributed by atoms with Crippen LogP contribution in [0, 0.1) is 0 Å². The maximum absolute atomic E-state index is 3.47. The molecule has 4 nitrogen and oxygen atoms in total. The maximum Gasteiger partial charge on any atom is 0.0220 e. The van der Waals surface area contributed by atoms with Gasteiger partial charge in [-0.1, -0.05) is 0 Å². The molecule has 0 radical (unpaired) electrons. The topological polar surface area (TPSA) is 34.3 Å². The second-order valence-corrected chi connectivity index (χ2v) is 4.54. The smallest absolute Gasteiger partial charge is 0.0220 e. The summed E-state index contributed by atoms with van der Waals surface area (Å²) in [5, 5.41) is 3.47. The molecule has 0 aliphatic carbocycles. The molecule has 2 heterocycles. The fourth-order valence-electron chi connectivity index (χ4n) is 2.01. The van der Waals surface area contributed by atoms with Crippen molar-refractivity contribution in [1.29, 1.82) is 0 Å². The average molecular weight is 222 g/mol. The molecule has 1 aromatic rings. The van der Waals surface area contributed by atoms with Gasteiger partial charge in [0.1, 0.15) is 0 Å². The first-order valence-corrected chi connectivity index (χ1v) is 6.08. The number of rotatable bonds is 5. The van der Waals surface area contributed by atoms with Gasteiger partial charge in [0.15, 0.2) is 0 Å². The zero-order valence-electron chi connectivity index (χ0n) is 10.1. The number of aromatic nitrogens is 1. The van der Waals surface area contributed by atoms with Gasteiger partial charge in [-0.3, -0.25) is 4.90 Å². The highest BCUT2D eigenvalue weighted by atomic mass is 15.2. The Kier molecular flexibility index (Phi) is 4.39. The van der Waals surface area contributed by atoms with Crippen molar-refractivity contribution in [2.24, 2.45) is 0 Å². The molecule has 1 aliphatic rings. The Balaban J connectivity index is 1.55. The molecule has 0 spiro atoms. The molecule has 2 N–H and O–H groups in total. The van der Waals surface area contributed by atoms with Crippen LogP contribution >= 0.6 is 0 Å². The van der Waals surface area contributed by atoms with E-state index in [4.69, 9.17) is 0 Å². The number of nitrogens with zero attached hydrogens (tertiary/aromatic N) is 2. The summed E-state index contributed by atoms with van der Waals surface area (Å²) in [6.07, 6.45) is 4.01. The Bertz CT molecular complexity index is 275. The Morgan fingerprint density at radius 2 is 2.12 bits per heavy atom. The molecule has 0 atom stereocenters. The third-order valence-electron chi connectivity index (χ3n) is 3.19. The molecule has 0 unspecified atom stereocenters. The van der Waals surface area contributed by atoms with E-state index in [0.29, 0.717) is 0 Å². The van der Waals surface area contributed by atoms with Gasteiger partial charge >= 0.3 is 0 Å². The van der Waals surface area contributed by atoms with E-state index in [1.165, 1.54) is 31.7 Å². The molecule has 0 bridgehead atoms. The summed E-state index contributed by atoms with van der Waals surface area (Å²) in [5.74, 6) is 0. The number of aromatic amines is 1. The Morgan fingerprint density at radius 1 is 1.31 bits per heavy atom. The normalized spacial score (nSPS) is 19.1. The zero-order valence-corrected chi connectivity index (χ0v) is 10.1. The van der Waals surface area contributed by atoms with Gasteiger partial charge in [-0.25, -0.2) is 0 Å². The fraction of sp³-hybridized carbons (Fsp3) is 0.667. The van der Waals surface area contributed by atoms with E-state index in [1.54, 1.807) is 0 Å². The van der Waals surface area contributed by atoms with Gasteiger partial charge in [0, 0.05) is 58.2 Å². The zero-order chi connectivity index (χ0) is 11.2. The van der Waals surface area contributed by atoms with E-state index in [-0.39, 0.29) is 0 Å². The van der Waals surface area contributed by atoms with Crippen molar-refractivity contribution in [3.63, 3.8) is 0 Å². The molecule has 90 valence electrons. The lowest BCUT2D eigenvalue weighted by Crippen LogP contribution is -2.46. The van der Waals surface area contributed by atoms with Gasteiger partial charge in [0.2, 0.25) is 0 Å². The third-order valence-corrected chi connectivity index (χ3v) is 3.19. The summed E-state index contributed by atoms with van der Waals surface area (Å²) < 4.78 is 0. The van der Waals surface area contributed by atoms with E-state index in [0.717, 1.165) is 19.6 Å². The lowest BCUT2D eigenvalue weighted by Gasteiger charge is -2.32. The Hall–Kier alpha value is -0.840. The molecule has 0 saturated carbocycles. The minimum absolute atomic E-state index is 0.969. The summed E-state index contributed by atoms with van der Waals surface area (Å²) >= 11 is 0. The maximum atomic E-state index is 3.47. The second-order valence-electron chi connectivity index (χ2n) is 4.54. The highest BCUT2D eigenvalue weighted by Gasteiger charge is 2.12. The monoisotopic (exact) mass is 222 g/mol. The summed E-state index contributed by atoms with van der Waals surface area (Å²) in [7, 11) is 2.20. The highest BCUT2D eigenvalue weighted by molar-refractivity contribution is 5.07. The standard InChI is InChI=1S/C12H22N4/c1-15-6-8-16(9-7-15)5-4-14-11-12-2-3-13-10-12/h2-3,10,13-14H,4-9,11H2,1H3. The van der Waals surface area contributed by atoms with Crippen molar-refractivity contribution in [2.45, 2.75) is 6.54 Å². The van der Waals surface area contributed by atoms with Crippen LogP contribution in [0.4, 0.5) is 0 Å². The van der Waals surface area contributed by atoms with Crippen molar-refractivity contribution < 1.29 is 0 Å². The number of likely N-dealkylation sites (N-methyl/N-ethyl adjacent to an activating group) is 1. The Labute approximate surface area is 97.6 Å². The molecule has 1 aliphatic heterocycles. The van der Waals surface area contributed by atoms with Crippen LogP contribution in [0.1, 0.15) is 5.56 Å². The lowest BCUT2D eigenvalue weighted by atomic mass is 10.3. The Morgan fingerprint density at radius 3 is 2.81 bits per heavy atom. The van der Waals surface area contributed by atoms with Crippen LogP contribution in [0.5, 0.6) is 0 Å². The van der Waals surface area contributed by atoms with Gasteiger partial charge in [-0.05, 0) is 18.7 Å². The van der Waals surface area contributed by atoms with Gasteiger partial charge in [0.05, 0.1) is 0 Å². The predicted molar refractivity (Wildman–Crippen MR) is 66.4 cm³/mol. The van der Waals surface area contributed by atoms with E-state index >= 15 is 0 Å². The molecular weight excluding hydrogens is 200 g/mol. The van der Waals surface area contributed by atoms with Crippen LogP contribution in [0.2, 0.25) is 0 Å². The molecule has 4 heteroatoms. The van der Waals surface area contributed by atoms with E-state index in [2.05, 4.69) is 33.2 Å². The third kappa shape index (κ3) is 3.63. The highest BCUT2D eigenvalue weighted by Crippen LogP contribution is 1.98. The lowest BCUT2D eigenvalue weighted by molar-refractivity contribution is 0.154. The number of piperazine rings is 1. The number of hydrogen-bond donors (Lipinski definition) is 2. The molecule has 1 fully saturated rings. The van der Waals surface area contributed by atoms with Gasteiger partial charge < -0.3 is 15.2 Å². The molecule has 0 amide bonds. The van der Waals surface area contributed by atoms with Crippen LogP contribution in [0.25, 0.3) is 0 Å². The first kappa shape index (κ1) is 11.6. The average Bonchev–Trinajstić information content (AvgIpc) is 2.80. The predicted octanol–water partition coefficient (Wildman–Crippen LogP) is 0.352. The number of nitrogens with one attached hydrogen (secondary N) is 2. The van der Waals surface area contributed by atoms with E-state index in [1.807, 2.05) is 12.4 Å². The van der Waals surface area contributed by atoms with Crippen LogP contribution in [-0.4, -0.2) is 61.1 Å². The molecule has 16 heavy (non-hydrogen) atoms. The number of H-pyrrole nitrogens is 1. The summed E-state index contributed by atoms with van der Waals surface area (Å²) in [6.45, 7) is 8.05. The molecule has 0 aromatic carbocycles. The molecular formula is C12H22N4. The van der Waals surface area contributed by atoms with E-state index < -0.39 is 0 Å². The minimum Gasteiger partial charge on any atom is -0.367 e. The van der Waals surface area contributed by atoms with Crippen molar-refractivity contribution in [1.82, 2.24) is 20.1 Å². The van der Waals surface area contributed by atoms with Gasteiger partial charge in [-0.2, -0.15) is 0 Å². The quantitative estimate of drug-likeness (QED) is 0.706. The van der Waals surface area contributed by atoms with Crippen molar-refractivity contribution in [3.05, 3.63) is 24.0 Å². The largest absolute Gasteiger partial charge is 0.367 e. The van der Waals surface area contributed by atoms with Crippen LogP contribution in [-0.2, 0) is 6.54 Å². The fourth-order valence-corrected chi connectivity index (χ4v) is 2.01. The van der Waals surface area contributed by atoms with Gasteiger partial charge in [-0.15, -0.1) is 0 Å². The molecule has 2 rings (SSSR count). The van der Waals surface area contributed by atoms with Crippen molar-refractivity contribution in [3.8, 4) is 0 Å².